The first kappa shape index (κ1) is 17.2. The summed E-state index contributed by atoms with van der Waals surface area (Å²) in [4.78, 5) is 25.0. The maximum absolute atomic E-state index is 13.8. The van der Waals surface area contributed by atoms with Gasteiger partial charge in [0.1, 0.15) is 11.9 Å². The number of halogens is 1. The van der Waals surface area contributed by atoms with E-state index in [-0.39, 0.29) is 30.5 Å². The van der Waals surface area contributed by atoms with Crippen LogP contribution >= 0.6 is 0 Å². The number of anilines is 2. The third-order valence-corrected chi connectivity index (χ3v) is 3.41. The summed E-state index contributed by atoms with van der Waals surface area (Å²) in [5.41, 5.74) is 0.892. The van der Waals surface area contributed by atoms with Crippen LogP contribution < -0.4 is 10.2 Å². The predicted octanol–water partition coefficient (Wildman–Crippen LogP) is 3.08. The van der Waals surface area contributed by atoms with Crippen molar-refractivity contribution >= 4 is 23.2 Å². The molecule has 0 spiro atoms. The summed E-state index contributed by atoms with van der Waals surface area (Å²) in [5.74, 6) is -1.24. The van der Waals surface area contributed by atoms with Crippen molar-refractivity contribution in [3.05, 3.63) is 59.9 Å². The Kier molecular flexibility index (Phi) is 5.63. The molecule has 0 bridgehead atoms. The van der Waals surface area contributed by atoms with E-state index in [9.17, 15) is 14.0 Å². The van der Waals surface area contributed by atoms with Gasteiger partial charge in [0.2, 0.25) is 11.8 Å². The fraction of sp³-hybridized carbons (Fsp3) is 0.167. The Morgan fingerprint density at radius 2 is 1.83 bits per heavy atom. The molecular formula is C18H16FN3O2. The van der Waals surface area contributed by atoms with Crippen LogP contribution in [0.1, 0.15) is 18.9 Å². The Balaban J connectivity index is 2.05. The smallest absolute Gasteiger partial charge is 0.226 e. The molecule has 0 radical (unpaired) electrons. The van der Waals surface area contributed by atoms with Gasteiger partial charge in [-0.25, -0.2) is 4.39 Å². The van der Waals surface area contributed by atoms with E-state index in [1.807, 2.05) is 6.07 Å². The molecule has 0 atom stereocenters. The van der Waals surface area contributed by atoms with E-state index in [4.69, 9.17) is 5.26 Å². The Morgan fingerprint density at radius 3 is 2.50 bits per heavy atom. The Bertz CT molecular complexity index is 799. The first-order valence-electron chi connectivity index (χ1n) is 7.34. The van der Waals surface area contributed by atoms with Crippen LogP contribution in [-0.4, -0.2) is 18.4 Å². The number of nitrogens with zero attached hydrogens (tertiary/aromatic N) is 2. The van der Waals surface area contributed by atoms with Crippen molar-refractivity contribution in [1.82, 2.24) is 0 Å². The quantitative estimate of drug-likeness (QED) is 0.918. The zero-order valence-corrected chi connectivity index (χ0v) is 13.1. The van der Waals surface area contributed by atoms with Crippen molar-refractivity contribution < 1.29 is 14.0 Å². The van der Waals surface area contributed by atoms with Gasteiger partial charge in [0.15, 0.2) is 0 Å². The highest BCUT2D eigenvalue weighted by molar-refractivity contribution is 5.95. The third kappa shape index (κ3) is 4.17. The first-order chi connectivity index (χ1) is 11.5. The fourth-order valence-corrected chi connectivity index (χ4v) is 2.23. The lowest BCUT2D eigenvalue weighted by atomic mass is 10.2. The molecule has 0 aliphatic heterocycles. The van der Waals surface area contributed by atoms with Crippen molar-refractivity contribution in [3.8, 4) is 6.07 Å². The number of nitrogens with one attached hydrogen (secondary N) is 1. The summed E-state index contributed by atoms with van der Waals surface area (Å²) in [6.45, 7) is 1.35. The highest BCUT2D eigenvalue weighted by Crippen LogP contribution is 2.19. The molecule has 2 aromatic rings. The standard InChI is InChI=1S/C18H16FN3O2/c1-13(23)22(17-9-5-3-7-15(17)19)11-10-18(24)21-16-8-4-2-6-14(16)12-20/h2-9H,10-11H2,1H3,(H,21,24). The number of carbonyl (C=O) groups excluding carboxylic acids is 2. The molecule has 0 heterocycles. The molecule has 0 aliphatic rings. The molecule has 2 rings (SSSR count). The van der Waals surface area contributed by atoms with Gasteiger partial charge in [-0.05, 0) is 24.3 Å². The van der Waals surface area contributed by atoms with Crippen LogP contribution in [0.25, 0.3) is 0 Å². The Morgan fingerprint density at radius 1 is 1.17 bits per heavy atom. The number of amides is 2. The van der Waals surface area contributed by atoms with Gasteiger partial charge in [-0.3, -0.25) is 9.59 Å². The van der Waals surface area contributed by atoms with Gasteiger partial charge in [-0.2, -0.15) is 5.26 Å². The molecule has 0 aromatic heterocycles. The first-order valence-corrected chi connectivity index (χ1v) is 7.34. The lowest BCUT2D eigenvalue weighted by Gasteiger charge is -2.21. The summed E-state index contributed by atoms with van der Waals surface area (Å²) < 4.78 is 13.8. The van der Waals surface area contributed by atoms with E-state index >= 15 is 0 Å². The summed E-state index contributed by atoms with van der Waals surface area (Å²) in [7, 11) is 0. The number of rotatable bonds is 5. The van der Waals surface area contributed by atoms with Gasteiger partial charge in [0.05, 0.1) is 16.9 Å². The largest absolute Gasteiger partial charge is 0.325 e. The van der Waals surface area contributed by atoms with Crippen LogP contribution in [0.15, 0.2) is 48.5 Å². The number of hydrogen-bond acceptors (Lipinski definition) is 3. The van der Waals surface area contributed by atoms with Crippen LogP contribution in [0.3, 0.4) is 0 Å². The van der Waals surface area contributed by atoms with Crippen molar-refractivity contribution in [3.63, 3.8) is 0 Å². The van der Waals surface area contributed by atoms with E-state index < -0.39 is 5.82 Å². The summed E-state index contributed by atoms with van der Waals surface area (Å²) in [6, 6.07) is 14.5. The van der Waals surface area contributed by atoms with Crippen LogP contribution in [-0.2, 0) is 9.59 Å². The highest BCUT2D eigenvalue weighted by atomic mass is 19.1. The molecular weight excluding hydrogens is 309 g/mol. The lowest BCUT2D eigenvalue weighted by Crippen LogP contribution is -2.32. The Labute approximate surface area is 139 Å². The average molecular weight is 325 g/mol. The van der Waals surface area contributed by atoms with E-state index in [2.05, 4.69) is 5.32 Å². The third-order valence-electron chi connectivity index (χ3n) is 3.41. The highest BCUT2D eigenvalue weighted by Gasteiger charge is 2.17. The summed E-state index contributed by atoms with van der Waals surface area (Å²) in [6.07, 6.45) is -0.0202. The molecule has 24 heavy (non-hydrogen) atoms. The number of carbonyl (C=O) groups is 2. The molecule has 0 unspecified atom stereocenters. The molecule has 0 saturated heterocycles. The SMILES string of the molecule is CC(=O)N(CCC(=O)Nc1ccccc1C#N)c1ccccc1F. The van der Waals surface area contributed by atoms with Crippen molar-refractivity contribution in [2.45, 2.75) is 13.3 Å². The predicted molar refractivity (Wildman–Crippen MR) is 88.8 cm³/mol. The second-order valence-electron chi connectivity index (χ2n) is 5.08. The van der Waals surface area contributed by atoms with Gasteiger partial charge in [0.25, 0.3) is 0 Å². The van der Waals surface area contributed by atoms with Crippen LogP contribution in [0.2, 0.25) is 0 Å². The number of hydrogen-bond donors (Lipinski definition) is 1. The molecule has 0 fully saturated rings. The Hall–Kier alpha value is -3.20. The normalized spacial score (nSPS) is 9.88. The minimum Gasteiger partial charge on any atom is -0.325 e. The summed E-state index contributed by atoms with van der Waals surface area (Å²) >= 11 is 0. The van der Waals surface area contributed by atoms with Crippen LogP contribution in [0, 0.1) is 17.1 Å². The van der Waals surface area contributed by atoms with Gasteiger partial charge in [0, 0.05) is 19.9 Å². The zero-order valence-electron chi connectivity index (χ0n) is 13.1. The maximum atomic E-state index is 13.8. The van der Waals surface area contributed by atoms with Gasteiger partial charge in [-0.1, -0.05) is 24.3 Å². The number of para-hydroxylation sites is 2. The van der Waals surface area contributed by atoms with Gasteiger partial charge < -0.3 is 10.2 Å². The molecule has 2 amide bonds. The minimum atomic E-state index is -0.525. The minimum absolute atomic E-state index is 0.0202. The molecule has 122 valence electrons. The van der Waals surface area contributed by atoms with Crippen molar-refractivity contribution in [2.24, 2.45) is 0 Å². The molecule has 1 N–H and O–H groups in total. The average Bonchev–Trinajstić information content (AvgIpc) is 2.57. The number of benzene rings is 2. The molecule has 2 aromatic carbocycles. The topological polar surface area (TPSA) is 73.2 Å². The maximum Gasteiger partial charge on any atom is 0.226 e. The summed E-state index contributed by atoms with van der Waals surface area (Å²) in [5, 5.41) is 11.6. The lowest BCUT2D eigenvalue weighted by molar-refractivity contribution is -0.117. The molecule has 5 nitrogen and oxygen atoms in total. The second kappa shape index (κ2) is 7.88. The second-order valence-corrected chi connectivity index (χ2v) is 5.08. The molecule has 0 aliphatic carbocycles. The van der Waals surface area contributed by atoms with Crippen molar-refractivity contribution in [2.75, 3.05) is 16.8 Å². The van der Waals surface area contributed by atoms with E-state index in [1.54, 1.807) is 30.3 Å². The van der Waals surface area contributed by atoms with E-state index in [1.165, 1.54) is 30.0 Å². The van der Waals surface area contributed by atoms with Crippen LogP contribution in [0.4, 0.5) is 15.8 Å². The van der Waals surface area contributed by atoms with Gasteiger partial charge >= 0.3 is 0 Å². The van der Waals surface area contributed by atoms with Gasteiger partial charge in [-0.15, -0.1) is 0 Å². The van der Waals surface area contributed by atoms with E-state index in [0.29, 0.717) is 11.3 Å². The molecule has 6 heteroatoms. The zero-order chi connectivity index (χ0) is 17.5. The van der Waals surface area contributed by atoms with Crippen LogP contribution in [0.5, 0.6) is 0 Å². The van der Waals surface area contributed by atoms with Crippen molar-refractivity contribution in [1.29, 1.82) is 5.26 Å². The molecule has 0 saturated carbocycles. The van der Waals surface area contributed by atoms with E-state index in [0.717, 1.165) is 0 Å². The fourth-order valence-electron chi connectivity index (χ4n) is 2.23. The monoisotopic (exact) mass is 325 g/mol. The number of nitriles is 1.